The van der Waals surface area contributed by atoms with Gasteiger partial charge in [-0.05, 0) is 6.42 Å². The second kappa shape index (κ2) is 6.70. The van der Waals surface area contributed by atoms with Crippen molar-refractivity contribution >= 4 is 12.4 Å². The summed E-state index contributed by atoms with van der Waals surface area (Å²) < 4.78 is 2.12. The van der Waals surface area contributed by atoms with Crippen LogP contribution in [-0.4, -0.2) is 64.7 Å². The Hall–Kier alpha value is -0.620. The number of nitrogens with zero attached hydrogens (tertiary/aromatic N) is 4. The number of hydrogen-bond acceptors (Lipinski definition) is 4. The predicted octanol–water partition coefficient (Wildman–Crippen LogP) is 0.321. The molecule has 3 heterocycles. The highest BCUT2D eigenvalue weighted by Crippen LogP contribution is 2.18. The lowest BCUT2D eigenvalue weighted by Crippen LogP contribution is -2.49. The first-order valence-electron chi connectivity index (χ1n) is 6.95. The van der Waals surface area contributed by atoms with E-state index in [1.165, 1.54) is 38.3 Å². The quantitative estimate of drug-likeness (QED) is 0.868. The zero-order chi connectivity index (χ0) is 12.4. The lowest BCUT2D eigenvalue weighted by Gasteiger charge is -2.32. The van der Waals surface area contributed by atoms with Crippen molar-refractivity contribution in [1.29, 1.82) is 0 Å². The van der Waals surface area contributed by atoms with E-state index in [0.29, 0.717) is 0 Å². The molecule has 0 spiro atoms. The molecule has 19 heavy (non-hydrogen) atoms. The van der Waals surface area contributed by atoms with E-state index >= 15 is 0 Å². The van der Waals surface area contributed by atoms with Crippen LogP contribution in [0.4, 0.5) is 0 Å². The Balaban J connectivity index is 0.00000133. The highest BCUT2D eigenvalue weighted by Gasteiger charge is 2.28. The van der Waals surface area contributed by atoms with E-state index < -0.39 is 0 Å². The molecule has 1 unspecified atom stereocenters. The normalized spacial score (nSPS) is 25.4. The van der Waals surface area contributed by atoms with Crippen LogP contribution in [0.2, 0.25) is 0 Å². The van der Waals surface area contributed by atoms with Crippen LogP contribution in [0.3, 0.4) is 0 Å². The van der Waals surface area contributed by atoms with Crippen LogP contribution in [-0.2, 0) is 13.6 Å². The second-order valence-electron chi connectivity index (χ2n) is 5.46. The molecule has 2 aliphatic rings. The first kappa shape index (κ1) is 14.8. The number of imidazole rings is 1. The third kappa shape index (κ3) is 3.48. The summed E-state index contributed by atoms with van der Waals surface area (Å²) in [5, 5.41) is 3.43. The number of piperazine rings is 1. The maximum atomic E-state index is 4.19. The number of hydrogen-bond donors (Lipinski definition) is 1. The molecule has 1 aromatic heterocycles. The Kier molecular flexibility index (Phi) is 5.21. The smallest absolute Gasteiger partial charge is 0.0945 e. The van der Waals surface area contributed by atoms with Gasteiger partial charge in [-0.25, -0.2) is 4.98 Å². The van der Waals surface area contributed by atoms with E-state index in [1.807, 2.05) is 12.5 Å². The van der Waals surface area contributed by atoms with Gasteiger partial charge < -0.3 is 9.88 Å². The molecule has 2 saturated heterocycles. The minimum absolute atomic E-state index is 0. The van der Waals surface area contributed by atoms with Crippen molar-refractivity contribution in [3.63, 3.8) is 0 Å². The third-order valence-corrected chi connectivity index (χ3v) is 4.22. The van der Waals surface area contributed by atoms with Gasteiger partial charge in [0.15, 0.2) is 0 Å². The molecule has 0 bridgehead atoms. The highest BCUT2D eigenvalue weighted by molar-refractivity contribution is 5.85. The fraction of sp³-hybridized carbons (Fsp3) is 0.769. The number of nitrogens with one attached hydrogen (secondary N) is 1. The standard InChI is InChI=1S/C13H23N5.ClH/c1-16-11-15-8-13(16)10-17-5-2-12(9-17)18-6-3-14-4-7-18;/h8,11-12,14H,2-7,9-10H2,1H3;1H. The van der Waals surface area contributed by atoms with Crippen molar-refractivity contribution < 1.29 is 0 Å². The molecule has 0 amide bonds. The van der Waals surface area contributed by atoms with Crippen LogP contribution in [0.15, 0.2) is 12.5 Å². The highest BCUT2D eigenvalue weighted by atomic mass is 35.5. The Bertz CT molecular complexity index is 388. The van der Waals surface area contributed by atoms with E-state index in [0.717, 1.165) is 25.7 Å². The van der Waals surface area contributed by atoms with Crippen LogP contribution in [0, 0.1) is 0 Å². The van der Waals surface area contributed by atoms with Crippen LogP contribution in [0.5, 0.6) is 0 Å². The van der Waals surface area contributed by atoms with Gasteiger partial charge in [-0.1, -0.05) is 0 Å². The molecular weight excluding hydrogens is 262 g/mol. The molecule has 0 aromatic carbocycles. The predicted molar refractivity (Wildman–Crippen MR) is 78.6 cm³/mol. The van der Waals surface area contributed by atoms with Gasteiger partial charge in [0.1, 0.15) is 0 Å². The fourth-order valence-corrected chi connectivity index (χ4v) is 3.07. The van der Waals surface area contributed by atoms with E-state index in [9.17, 15) is 0 Å². The van der Waals surface area contributed by atoms with Gasteiger partial charge in [0.2, 0.25) is 0 Å². The van der Waals surface area contributed by atoms with Gasteiger partial charge in [-0.2, -0.15) is 0 Å². The Morgan fingerprint density at radius 2 is 2.11 bits per heavy atom. The summed E-state index contributed by atoms with van der Waals surface area (Å²) in [7, 11) is 2.08. The summed E-state index contributed by atoms with van der Waals surface area (Å²) in [6.45, 7) is 8.20. The van der Waals surface area contributed by atoms with Crippen LogP contribution in [0.25, 0.3) is 0 Å². The monoisotopic (exact) mass is 285 g/mol. The second-order valence-corrected chi connectivity index (χ2v) is 5.46. The van der Waals surface area contributed by atoms with Crippen LogP contribution in [0.1, 0.15) is 12.1 Å². The molecular formula is C13H24ClN5. The number of aromatic nitrogens is 2. The molecule has 0 radical (unpaired) electrons. The summed E-state index contributed by atoms with van der Waals surface area (Å²) in [6, 6.07) is 0.764. The van der Waals surface area contributed by atoms with Crippen molar-refractivity contribution in [2.75, 3.05) is 39.3 Å². The molecule has 0 aliphatic carbocycles. The topological polar surface area (TPSA) is 36.3 Å². The minimum atomic E-state index is 0. The summed E-state index contributed by atoms with van der Waals surface area (Å²) in [6.07, 6.45) is 5.19. The summed E-state index contributed by atoms with van der Waals surface area (Å²) >= 11 is 0. The number of aryl methyl sites for hydroxylation is 1. The summed E-state index contributed by atoms with van der Waals surface area (Å²) in [5.41, 5.74) is 1.32. The van der Waals surface area contributed by atoms with Crippen molar-refractivity contribution in [3.8, 4) is 0 Å². The van der Waals surface area contributed by atoms with Crippen molar-refractivity contribution in [2.24, 2.45) is 7.05 Å². The SMILES string of the molecule is Cl.Cn1cncc1CN1CCC(N2CCNCC2)C1. The largest absolute Gasteiger partial charge is 0.337 e. The minimum Gasteiger partial charge on any atom is -0.337 e. The van der Waals surface area contributed by atoms with Crippen molar-refractivity contribution in [3.05, 3.63) is 18.2 Å². The Morgan fingerprint density at radius 3 is 2.79 bits per heavy atom. The molecule has 6 heteroatoms. The third-order valence-electron chi connectivity index (χ3n) is 4.22. The molecule has 5 nitrogen and oxygen atoms in total. The molecule has 1 atom stereocenters. The summed E-state index contributed by atoms with van der Waals surface area (Å²) in [5.74, 6) is 0. The van der Waals surface area contributed by atoms with Crippen molar-refractivity contribution in [1.82, 2.24) is 24.7 Å². The molecule has 2 aliphatic heterocycles. The molecule has 0 saturated carbocycles. The fourth-order valence-electron chi connectivity index (χ4n) is 3.07. The van der Waals surface area contributed by atoms with E-state index in [4.69, 9.17) is 0 Å². The van der Waals surface area contributed by atoms with Crippen molar-refractivity contribution in [2.45, 2.75) is 19.0 Å². The Labute approximate surface area is 121 Å². The molecule has 1 aromatic rings. The average molecular weight is 286 g/mol. The van der Waals surface area contributed by atoms with Crippen LogP contribution < -0.4 is 5.32 Å². The number of likely N-dealkylation sites (tertiary alicyclic amines) is 1. The number of halogens is 1. The molecule has 2 fully saturated rings. The zero-order valence-corrected chi connectivity index (χ0v) is 12.4. The maximum Gasteiger partial charge on any atom is 0.0945 e. The van der Waals surface area contributed by atoms with Gasteiger partial charge >= 0.3 is 0 Å². The van der Waals surface area contributed by atoms with Crippen LogP contribution >= 0.6 is 12.4 Å². The van der Waals surface area contributed by atoms with E-state index in [-0.39, 0.29) is 12.4 Å². The Morgan fingerprint density at radius 1 is 1.32 bits per heavy atom. The summed E-state index contributed by atoms with van der Waals surface area (Å²) in [4.78, 5) is 9.40. The van der Waals surface area contributed by atoms with Gasteiger partial charge in [0, 0.05) is 65.1 Å². The lowest BCUT2D eigenvalue weighted by atomic mass is 10.2. The number of rotatable bonds is 3. The van der Waals surface area contributed by atoms with Gasteiger partial charge in [0.25, 0.3) is 0 Å². The van der Waals surface area contributed by atoms with Gasteiger partial charge in [-0.3, -0.25) is 9.80 Å². The molecule has 3 rings (SSSR count). The molecule has 108 valence electrons. The van der Waals surface area contributed by atoms with Gasteiger partial charge in [0.05, 0.1) is 12.0 Å². The lowest BCUT2D eigenvalue weighted by molar-refractivity contribution is 0.170. The van der Waals surface area contributed by atoms with E-state index in [2.05, 4.69) is 31.7 Å². The average Bonchev–Trinajstić information content (AvgIpc) is 3.02. The first-order valence-corrected chi connectivity index (χ1v) is 6.95. The zero-order valence-electron chi connectivity index (χ0n) is 11.6. The first-order chi connectivity index (χ1) is 8.83. The van der Waals surface area contributed by atoms with E-state index in [1.54, 1.807) is 0 Å². The molecule has 1 N–H and O–H groups in total. The maximum absolute atomic E-state index is 4.19. The van der Waals surface area contributed by atoms with Gasteiger partial charge in [-0.15, -0.1) is 12.4 Å².